The minimum Gasteiger partial charge on any atom is -0.481 e. The van der Waals surface area contributed by atoms with Gasteiger partial charge in [-0.2, -0.15) is 4.98 Å². The molecule has 1 aromatic heterocycles. The van der Waals surface area contributed by atoms with Crippen molar-refractivity contribution in [3.8, 4) is 11.4 Å². The van der Waals surface area contributed by atoms with Gasteiger partial charge in [-0.3, -0.25) is 9.69 Å². The van der Waals surface area contributed by atoms with Gasteiger partial charge in [0.25, 0.3) is 0 Å². The summed E-state index contributed by atoms with van der Waals surface area (Å²) in [4.78, 5) is 17.8. The van der Waals surface area contributed by atoms with Gasteiger partial charge in [0.05, 0.1) is 6.04 Å². The number of benzene rings is 2. The molecule has 0 radical (unpaired) electrons. The van der Waals surface area contributed by atoms with Crippen LogP contribution in [-0.2, 0) is 4.79 Å². The molecule has 1 atom stereocenters. The maximum absolute atomic E-state index is 10.7. The molecule has 1 N–H and O–H groups in total. The van der Waals surface area contributed by atoms with Crippen molar-refractivity contribution < 1.29 is 14.4 Å². The molecule has 1 fully saturated rings. The summed E-state index contributed by atoms with van der Waals surface area (Å²) in [7, 11) is 0. The van der Waals surface area contributed by atoms with Gasteiger partial charge in [-0.25, -0.2) is 0 Å². The fraction of sp³-hybridized carbons (Fsp3) is 0.409. The predicted octanol–water partition coefficient (Wildman–Crippen LogP) is 4.67. The number of piperidine rings is 1. The Morgan fingerprint density at radius 1 is 1.14 bits per heavy atom. The van der Waals surface area contributed by atoms with E-state index in [2.05, 4.69) is 34.3 Å². The second-order valence-corrected chi connectivity index (χ2v) is 7.42. The molecule has 4 rings (SSSR count). The number of hydrogen-bond acceptors (Lipinski definition) is 5. The van der Waals surface area contributed by atoms with Crippen LogP contribution in [0.25, 0.3) is 22.2 Å². The molecule has 1 unspecified atom stereocenters. The zero-order valence-corrected chi connectivity index (χ0v) is 15.9. The quantitative estimate of drug-likeness (QED) is 0.601. The normalized spacial score (nSPS) is 17.8. The number of carboxylic acids is 1. The van der Waals surface area contributed by atoms with E-state index in [9.17, 15) is 4.79 Å². The number of aromatic nitrogens is 2. The smallest absolute Gasteiger partial charge is 0.303 e. The molecule has 6 heteroatoms. The standard InChI is InChI=1S/C22H25N3O3/c26-20(27)10-4-6-14-25-13-5-3-9-19(25)22-23-21(24-28-22)18-12-11-16-7-1-2-8-17(16)15-18/h1-2,7-8,11-12,15,19H,3-6,9-10,13-14H2,(H,26,27). The Bertz CT molecular complexity index is 953. The van der Waals surface area contributed by atoms with E-state index >= 15 is 0 Å². The van der Waals surface area contributed by atoms with Crippen LogP contribution in [0.1, 0.15) is 50.5 Å². The van der Waals surface area contributed by atoms with Gasteiger partial charge in [-0.05, 0) is 55.6 Å². The third-order valence-corrected chi connectivity index (χ3v) is 5.43. The topological polar surface area (TPSA) is 79.5 Å². The molecule has 146 valence electrons. The predicted molar refractivity (Wildman–Crippen MR) is 107 cm³/mol. The molecule has 3 aromatic rings. The molecule has 6 nitrogen and oxygen atoms in total. The first-order valence-corrected chi connectivity index (χ1v) is 9.99. The SMILES string of the molecule is O=C(O)CCCCN1CCCCC1c1nc(-c2ccc3ccccc3c2)no1. The summed E-state index contributed by atoms with van der Waals surface area (Å²) < 4.78 is 5.65. The van der Waals surface area contributed by atoms with Crippen molar-refractivity contribution in [3.63, 3.8) is 0 Å². The second-order valence-electron chi connectivity index (χ2n) is 7.42. The zero-order chi connectivity index (χ0) is 19.3. The first kappa shape index (κ1) is 18.6. The Morgan fingerprint density at radius 3 is 2.86 bits per heavy atom. The van der Waals surface area contributed by atoms with E-state index in [-0.39, 0.29) is 12.5 Å². The molecule has 0 bridgehead atoms. The maximum atomic E-state index is 10.7. The Morgan fingerprint density at radius 2 is 2.00 bits per heavy atom. The number of likely N-dealkylation sites (tertiary alicyclic amines) is 1. The van der Waals surface area contributed by atoms with Gasteiger partial charge in [0.2, 0.25) is 11.7 Å². The lowest BCUT2D eigenvalue weighted by atomic mass is 10.0. The highest BCUT2D eigenvalue weighted by molar-refractivity contribution is 5.86. The maximum Gasteiger partial charge on any atom is 0.303 e. The molecular formula is C22H25N3O3. The molecule has 2 aromatic carbocycles. The number of nitrogens with zero attached hydrogens (tertiary/aromatic N) is 3. The fourth-order valence-corrected chi connectivity index (χ4v) is 3.95. The van der Waals surface area contributed by atoms with Crippen LogP contribution in [0.15, 0.2) is 47.0 Å². The van der Waals surface area contributed by atoms with Crippen molar-refractivity contribution in [3.05, 3.63) is 48.4 Å². The van der Waals surface area contributed by atoms with Crippen LogP contribution in [0, 0.1) is 0 Å². The molecule has 28 heavy (non-hydrogen) atoms. The van der Waals surface area contributed by atoms with Crippen molar-refractivity contribution in [2.45, 2.75) is 44.6 Å². The van der Waals surface area contributed by atoms with Gasteiger partial charge < -0.3 is 9.63 Å². The van der Waals surface area contributed by atoms with Gasteiger partial charge in [-0.15, -0.1) is 0 Å². The van der Waals surface area contributed by atoms with Gasteiger partial charge in [0.1, 0.15) is 0 Å². The van der Waals surface area contributed by atoms with E-state index in [1.54, 1.807) is 0 Å². The first-order chi connectivity index (χ1) is 13.7. The van der Waals surface area contributed by atoms with Crippen LogP contribution in [0.4, 0.5) is 0 Å². The third kappa shape index (κ3) is 4.22. The van der Waals surface area contributed by atoms with Crippen molar-refractivity contribution in [2.24, 2.45) is 0 Å². The van der Waals surface area contributed by atoms with E-state index in [1.807, 2.05) is 18.2 Å². The minimum absolute atomic E-state index is 0.125. The number of aliphatic carboxylic acids is 1. The van der Waals surface area contributed by atoms with E-state index in [4.69, 9.17) is 14.6 Å². The number of hydrogen-bond donors (Lipinski definition) is 1. The van der Waals surface area contributed by atoms with Crippen LogP contribution in [0.3, 0.4) is 0 Å². The Labute approximate surface area is 164 Å². The molecule has 0 amide bonds. The number of rotatable bonds is 7. The Kier molecular flexibility index (Phi) is 5.67. The minimum atomic E-state index is -0.730. The molecule has 0 spiro atoms. The van der Waals surface area contributed by atoms with E-state index < -0.39 is 5.97 Å². The third-order valence-electron chi connectivity index (χ3n) is 5.43. The highest BCUT2D eigenvalue weighted by Gasteiger charge is 2.28. The van der Waals surface area contributed by atoms with Crippen molar-refractivity contribution >= 4 is 16.7 Å². The lowest BCUT2D eigenvalue weighted by molar-refractivity contribution is -0.137. The molecule has 0 aliphatic carbocycles. The lowest BCUT2D eigenvalue weighted by Crippen LogP contribution is -2.34. The fourth-order valence-electron chi connectivity index (χ4n) is 3.95. The summed E-state index contributed by atoms with van der Waals surface area (Å²) >= 11 is 0. The van der Waals surface area contributed by atoms with Gasteiger partial charge in [0.15, 0.2) is 0 Å². The summed E-state index contributed by atoms with van der Waals surface area (Å²) in [6, 6.07) is 14.6. The average molecular weight is 379 g/mol. The summed E-state index contributed by atoms with van der Waals surface area (Å²) in [5, 5.41) is 15.4. The van der Waals surface area contributed by atoms with E-state index in [0.717, 1.165) is 49.7 Å². The molecule has 1 saturated heterocycles. The number of unbranched alkanes of at least 4 members (excludes halogenated alkanes) is 1. The van der Waals surface area contributed by atoms with Crippen molar-refractivity contribution in [1.29, 1.82) is 0 Å². The summed E-state index contributed by atoms with van der Waals surface area (Å²) in [6.45, 7) is 1.86. The molecule has 0 saturated carbocycles. The summed E-state index contributed by atoms with van der Waals surface area (Å²) in [5.74, 6) is 0.561. The first-order valence-electron chi connectivity index (χ1n) is 9.99. The molecular weight excluding hydrogens is 354 g/mol. The van der Waals surface area contributed by atoms with Gasteiger partial charge in [-0.1, -0.05) is 48.0 Å². The monoisotopic (exact) mass is 379 g/mol. The van der Waals surface area contributed by atoms with Crippen molar-refractivity contribution in [2.75, 3.05) is 13.1 Å². The number of fused-ring (bicyclic) bond motifs is 1. The summed E-state index contributed by atoms with van der Waals surface area (Å²) in [5.41, 5.74) is 0.956. The number of carbonyl (C=O) groups is 1. The molecule has 1 aliphatic rings. The Hall–Kier alpha value is -2.73. The van der Waals surface area contributed by atoms with Gasteiger partial charge in [0, 0.05) is 12.0 Å². The van der Waals surface area contributed by atoms with Gasteiger partial charge >= 0.3 is 5.97 Å². The lowest BCUT2D eigenvalue weighted by Gasteiger charge is -2.33. The van der Waals surface area contributed by atoms with Crippen LogP contribution < -0.4 is 0 Å². The van der Waals surface area contributed by atoms with Crippen LogP contribution in [-0.4, -0.2) is 39.2 Å². The van der Waals surface area contributed by atoms with Crippen molar-refractivity contribution in [1.82, 2.24) is 15.0 Å². The zero-order valence-electron chi connectivity index (χ0n) is 15.9. The van der Waals surface area contributed by atoms with Crippen LogP contribution in [0.2, 0.25) is 0 Å². The molecule has 1 aliphatic heterocycles. The molecule has 2 heterocycles. The van der Waals surface area contributed by atoms with E-state index in [0.29, 0.717) is 18.1 Å². The highest BCUT2D eigenvalue weighted by atomic mass is 16.5. The average Bonchev–Trinajstić information content (AvgIpc) is 3.21. The van der Waals surface area contributed by atoms with Crippen LogP contribution >= 0.6 is 0 Å². The largest absolute Gasteiger partial charge is 0.481 e. The highest BCUT2D eigenvalue weighted by Crippen LogP contribution is 2.32. The number of carboxylic acid groups (broad SMARTS) is 1. The summed E-state index contributed by atoms with van der Waals surface area (Å²) in [6.07, 6.45) is 5.09. The second kappa shape index (κ2) is 8.52. The van der Waals surface area contributed by atoms with Crippen LogP contribution in [0.5, 0.6) is 0 Å². The van der Waals surface area contributed by atoms with E-state index in [1.165, 1.54) is 5.39 Å². The Balaban J connectivity index is 1.48.